The Morgan fingerprint density at radius 2 is 1.83 bits per heavy atom. The maximum atomic E-state index is 12.9. The number of nitrogens with one attached hydrogen (secondary N) is 2. The van der Waals surface area contributed by atoms with E-state index in [1.165, 1.54) is 6.07 Å². The number of hydrogen-bond donors (Lipinski definition) is 3. The third kappa shape index (κ3) is 7.90. The highest BCUT2D eigenvalue weighted by atomic mass is 19.3. The van der Waals surface area contributed by atoms with E-state index in [0.29, 0.717) is 17.7 Å². The fraction of sp³-hybridized carbons (Fsp3) is 0.381. The molecule has 2 aromatic rings. The number of phenols is 1. The zero-order valence-corrected chi connectivity index (χ0v) is 16.4. The molecule has 2 rings (SSSR count). The largest absolute Gasteiger partial charge is 0.508 e. The Morgan fingerprint density at radius 3 is 2.50 bits per heavy atom. The number of amides is 2. The summed E-state index contributed by atoms with van der Waals surface area (Å²) in [5.41, 5.74) is 1.91. The van der Waals surface area contributed by atoms with E-state index in [1.807, 2.05) is 19.1 Å². The second-order valence-corrected chi connectivity index (χ2v) is 6.96. The predicted octanol–water partition coefficient (Wildman–Crippen LogP) is 4.95. The SMILES string of the molecule is CC(CCc1ccc(O)cc1)NC(=O)Nc1cccc(COCC(F)(F)C(F)F)c1. The van der Waals surface area contributed by atoms with Gasteiger partial charge in [0.15, 0.2) is 0 Å². The lowest BCUT2D eigenvalue weighted by molar-refractivity contribution is -0.168. The van der Waals surface area contributed by atoms with Crippen molar-refractivity contribution < 1.29 is 32.2 Å². The van der Waals surface area contributed by atoms with Crippen molar-refractivity contribution in [2.45, 2.75) is 44.8 Å². The molecule has 0 aromatic heterocycles. The van der Waals surface area contributed by atoms with Crippen molar-refractivity contribution in [1.29, 1.82) is 0 Å². The molecule has 2 amide bonds. The molecule has 0 saturated carbocycles. The Balaban J connectivity index is 1.77. The number of halogens is 4. The molecular weight excluding hydrogens is 404 g/mol. The summed E-state index contributed by atoms with van der Waals surface area (Å²) in [6, 6.07) is 12.6. The van der Waals surface area contributed by atoms with Gasteiger partial charge < -0.3 is 20.5 Å². The normalized spacial score (nSPS) is 12.6. The van der Waals surface area contributed by atoms with E-state index < -0.39 is 25.0 Å². The molecule has 2 aromatic carbocycles. The maximum absolute atomic E-state index is 12.9. The van der Waals surface area contributed by atoms with Crippen LogP contribution in [0.3, 0.4) is 0 Å². The van der Waals surface area contributed by atoms with Gasteiger partial charge in [0.2, 0.25) is 0 Å². The number of benzene rings is 2. The topological polar surface area (TPSA) is 70.6 Å². The van der Waals surface area contributed by atoms with Crippen molar-refractivity contribution in [2.24, 2.45) is 0 Å². The van der Waals surface area contributed by atoms with Crippen LogP contribution in [0.1, 0.15) is 24.5 Å². The molecule has 9 heteroatoms. The number of phenolic OH excluding ortho intramolecular Hbond substituents is 1. The van der Waals surface area contributed by atoms with Gasteiger partial charge in [0, 0.05) is 11.7 Å². The Bertz CT molecular complexity index is 816. The number of rotatable bonds is 10. The summed E-state index contributed by atoms with van der Waals surface area (Å²) in [6.07, 6.45) is -2.38. The first-order chi connectivity index (χ1) is 14.2. The zero-order chi connectivity index (χ0) is 22.1. The minimum Gasteiger partial charge on any atom is -0.508 e. The van der Waals surface area contributed by atoms with Crippen molar-refractivity contribution in [1.82, 2.24) is 5.32 Å². The van der Waals surface area contributed by atoms with Crippen LogP contribution in [-0.4, -0.2) is 36.1 Å². The zero-order valence-electron chi connectivity index (χ0n) is 16.4. The van der Waals surface area contributed by atoms with E-state index in [9.17, 15) is 27.5 Å². The van der Waals surface area contributed by atoms with Gasteiger partial charge in [0.25, 0.3) is 0 Å². The molecule has 5 nitrogen and oxygen atoms in total. The highest BCUT2D eigenvalue weighted by molar-refractivity contribution is 5.89. The van der Waals surface area contributed by atoms with Crippen molar-refractivity contribution >= 4 is 11.7 Å². The molecule has 164 valence electrons. The molecule has 1 atom stereocenters. The van der Waals surface area contributed by atoms with Crippen molar-refractivity contribution in [3.63, 3.8) is 0 Å². The number of urea groups is 1. The van der Waals surface area contributed by atoms with Crippen LogP contribution in [0, 0.1) is 0 Å². The molecule has 30 heavy (non-hydrogen) atoms. The van der Waals surface area contributed by atoms with Gasteiger partial charge in [-0.05, 0) is 55.2 Å². The number of carbonyl (C=O) groups is 1. The first-order valence-electron chi connectivity index (χ1n) is 9.34. The standard InChI is InChI=1S/C21H24F4N2O3/c1-14(5-6-15-7-9-18(28)10-8-15)26-20(29)27-17-4-2-3-16(11-17)12-30-13-21(24,25)19(22)23/h2-4,7-11,14,19,28H,5-6,12-13H2,1H3,(H2,26,27,29). The van der Waals surface area contributed by atoms with Crippen molar-refractivity contribution in [2.75, 3.05) is 11.9 Å². The minimum absolute atomic E-state index is 0.123. The van der Waals surface area contributed by atoms with Crippen LogP contribution in [-0.2, 0) is 17.8 Å². The number of aryl methyl sites for hydroxylation is 1. The highest BCUT2D eigenvalue weighted by Crippen LogP contribution is 2.23. The summed E-state index contributed by atoms with van der Waals surface area (Å²) in [5.74, 6) is -4.01. The fourth-order valence-corrected chi connectivity index (χ4v) is 2.62. The highest BCUT2D eigenvalue weighted by Gasteiger charge is 2.40. The predicted molar refractivity (Wildman–Crippen MR) is 105 cm³/mol. The number of anilines is 1. The summed E-state index contributed by atoms with van der Waals surface area (Å²) in [7, 11) is 0. The Kier molecular flexibility index (Phi) is 8.46. The monoisotopic (exact) mass is 428 g/mol. The first kappa shape index (κ1) is 23.5. The average Bonchev–Trinajstić information content (AvgIpc) is 2.67. The van der Waals surface area contributed by atoms with E-state index >= 15 is 0 Å². The van der Waals surface area contributed by atoms with Gasteiger partial charge in [-0.1, -0.05) is 24.3 Å². The maximum Gasteiger partial charge on any atom is 0.330 e. The lowest BCUT2D eigenvalue weighted by Gasteiger charge is -2.16. The lowest BCUT2D eigenvalue weighted by Crippen LogP contribution is -2.36. The first-order valence-corrected chi connectivity index (χ1v) is 9.34. The van der Waals surface area contributed by atoms with Crippen LogP contribution in [0.2, 0.25) is 0 Å². The molecule has 0 aliphatic rings. The van der Waals surface area contributed by atoms with Crippen LogP contribution in [0.5, 0.6) is 5.75 Å². The van der Waals surface area contributed by atoms with Crippen LogP contribution < -0.4 is 10.6 Å². The minimum atomic E-state index is -4.20. The van der Waals surface area contributed by atoms with E-state index in [-0.39, 0.29) is 18.4 Å². The quantitative estimate of drug-likeness (QED) is 0.469. The second-order valence-electron chi connectivity index (χ2n) is 6.96. The van der Waals surface area contributed by atoms with Crippen LogP contribution in [0.4, 0.5) is 28.0 Å². The number of aromatic hydroxyl groups is 1. The Hall–Kier alpha value is -2.81. The van der Waals surface area contributed by atoms with Crippen LogP contribution >= 0.6 is 0 Å². The van der Waals surface area contributed by atoms with E-state index in [0.717, 1.165) is 12.0 Å². The Labute approximate surface area is 172 Å². The molecule has 0 bridgehead atoms. The molecule has 0 radical (unpaired) electrons. The molecule has 3 N–H and O–H groups in total. The molecule has 0 fully saturated rings. The van der Waals surface area contributed by atoms with E-state index in [2.05, 4.69) is 15.4 Å². The summed E-state index contributed by atoms with van der Waals surface area (Å²) >= 11 is 0. The molecular formula is C21H24F4N2O3. The van der Waals surface area contributed by atoms with Crippen molar-refractivity contribution in [3.8, 4) is 5.75 Å². The number of carbonyl (C=O) groups excluding carboxylic acids is 1. The number of hydrogen-bond acceptors (Lipinski definition) is 3. The molecule has 0 spiro atoms. The molecule has 1 unspecified atom stereocenters. The lowest BCUT2D eigenvalue weighted by atomic mass is 10.1. The van der Waals surface area contributed by atoms with Gasteiger partial charge in [0.1, 0.15) is 12.4 Å². The van der Waals surface area contributed by atoms with Crippen LogP contribution in [0.25, 0.3) is 0 Å². The summed E-state index contributed by atoms with van der Waals surface area (Å²) in [5, 5.41) is 14.7. The van der Waals surface area contributed by atoms with Crippen LogP contribution in [0.15, 0.2) is 48.5 Å². The number of ether oxygens (including phenoxy) is 1. The van der Waals surface area contributed by atoms with Gasteiger partial charge in [-0.3, -0.25) is 0 Å². The van der Waals surface area contributed by atoms with Gasteiger partial charge in [0.05, 0.1) is 6.61 Å². The Morgan fingerprint density at radius 1 is 1.13 bits per heavy atom. The fourth-order valence-electron chi connectivity index (χ4n) is 2.62. The second kappa shape index (κ2) is 10.8. The molecule has 0 aliphatic carbocycles. The average molecular weight is 428 g/mol. The molecule has 0 heterocycles. The van der Waals surface area contributed by atoms with Gasteiger partial charge >= 0.3 is 18.4 Å². The summed E-state index contributed by atoms with van der Waals surface area (Å²) < 4.78 is 54.6. The summed E-state index contributed by atoms with van der Waals surface area (Å²) in [4.78, 5) is 12.1. The molecule has 0 aliphatic heterocycles. The van der Waals surface area contributed by atoms with E-state index in [4.69, 9.17) is 0 Å². The third-order valence-electron chi connectivity index (χ3n) is 4.25. The van der Waals surface area contributed by atoms with Gasteiger partial charge in [-0.2, -0.15) is 8.78 Å². The number of alkyl halides is 4. The molecule has 0 saturated heterocycles. The summed E-state index contributed by atoms with van der Waals surface area (Å²) in [6.45, 7) is 0.178. The van der Waals surface area contributed by atoms with Gasteiger partial charge in [-0.15, -0.1) is 0 Å². The van der Waals surface area contributed by atoms with E-state index in [1.54, 1.807) is 30.3 Å². The smallest absolute Gasteiger partial charge is 0.330 e. The van der Waals surface area contributed by atoms with Gasteiger partial charge in [-0.25, -0.2) is 13.6 Å². The van der Waals surface area contributed by atoms with Crippen molar-refractivity contribution in [3.05, 3.63) is 59.7 Å². The third-order valence-corrected chi connectivity index (χ3v) is 4.25.